The first-order chi connectivity index (χ1) is 7.23. The van der Waals surface area contributed by atoms with E-state index in [9.17, 15) is 5.11 Å². The molecule has 1 N–H and O–H groups in total. The van der Waals surface area contributed by atoms with E-state index < -0.39 is 0 Å². The summed E-state index contributed by atoms with van der Waals surface area (Å²) in [6, 6.07) is 5.94. The van der Waals surface area contributed by atoms with Crippen molar-refractivity contribution in [2.24, 2.45) is 0 Å². The Bertz CT molecular complexity index is 361. The molecule has 0 aromatic heterocycles. The molecule has 1 aliphatic heterocycles. The lowest BCUT2D eigenvalue weighted by molar-refractivity contribution is -0.00000424. The number of hydrogen-bond donors (Lipinski definition) is 1. The monoisotopic (exact) mass is 285 g/mol. The summed E-state index contributed by atoms with van der Waals surface area (Å²) in [4.78, 5) is 0. The van der Waals surface area contributed by atoms with Crippen molar-refractivity contribution in [2.45, 2.75) is 26.7 Å². The first-order valence-corrected chi connectivity index (χ1v) is 5.91. The van der Waals surface area contributed by atoms with Gasteiger partial charge in [-0.25, -0.2) is 0 Å². The summed E-state index contributed by atoms with van der Waals surface area (Å²) < 4.78 is 0.946. The Labute approximate surface area is 108 Å². The SMILES string of the molecule is CC[N+]1(CC)CCCc2cccc(O)c21.[Br-]. The molecule has 16 heavy (non-hydrogen) atoms. The van der Waals surface area contributed by atoms with E-state index in [2.05, 4.69) is 19.9 Å². The number of aryl methyl sites for hydroxylation is 1. The highest BCUT2D eigenvalue weighted by Crippen LogP contribution is 2.40. The molecule has 0 saturated carbocycles. The first kappa shape index (κ1) is 13.5. The summed E-state index contributed by atoms with van der Waals surface area (Å²) in [6.45, 7) is 7.73. The Morgan fingerprint density at radius 1 is 1.25 bits per heavy atom. The molecule has 0 radical (unpaired) electrons. The Morgan fingerprint density at radius 3 is 2.56 bits per heavy atom. The zero-order chi connectivity index (χ0) is 10.9. The summed E-state index contributed by atoms with van der Waals surface area (Å²) in [5.74, 6) is 0.482. The molecular formula is C13H20BrNO. The van der Waals surface area contributed by atoms with Crippen LogP contribution in [0, 0.1) is 0 Å². The third-order valence-electron chi connectivity index (χ3n) is 3.82. The number of aromatic hydroxyl groups is 1. The maximum absolute atomic E-state index is 10.0. The van der Waals surface area contributed by atoms with Crippen molar-refractivity contribution in [2.75, 3.05) is 19.6 Å². The minimum Gasteiger partial charge on any atom is -1.00 e. The van der Waals surface area contributed by atoms with Gasteiger partial charge in [0, 0.05) is 12.0 Å². The molecule has 2 rings (SSSR count). The zero-order valence-electron chi connectivity index (χ0n) is 10.0. The molecule has 0 saturated heterocycles. The van der Waals surface area contributed by atoms with Crippen LogP contribution < -0.4 is 21.5 Å². The number of para-hydroxylation sites is 1. The van der Waals surface area contributed by atoms with Crippen molar-refractivity contribution in [1.29, 1.82) is 0 Å². The van der Waals surface area contributed by atoms with Crippen LogP contribution in [0.3, 0.4) is 0 Å². The molecule has 0 bridgehead atoms. The number of halogens is 1. The Kier molecular flexibility index (Phi) is 4.39. The van der Waals surface area contributed by atoms with Crippen LogP contribution >= 0.6 is 0 Å². The molecule has 0 amide bonds. The van der Waals surface area contributed by atoms with E-state index in [-0.39, 0.29) is 17.0 Å². The summed E-state index contributed by atoms with van der Waals surface area (Å²) >= 11 is 0. The van der Waals surface area contributed by atoms with E-state index in [0.717, 1.165) is 30.5 Å². The highest BCUT2D eigenvalue weighted by molar-refractivity contribution is 5.61. The van der Waals surface area contributed by atoms with Crippen LogP contribution in [0.1, 0.15) is 25.8 Å². The highest BCUT2D eigenvalue weighted by Gasteiger charge is 2.35. The van der Waals surface area contributed by atoms with E-state index in [4.69, 9.17) is 0 Å². The highest BCUT2D eigenvalue weighted by atomic mass is 79.9. The van der Waals surface area contributed by atoms with E-state index >= 15 is 0 Å². The Balaban J connectivity index is 0.00000128. The van der Waals surface area contributed by atoms with Crippen LogP contribution in [0.15, 0.2) is 18.2 Å². The summed E-state index contributed by atoms with van der Waals surface area (Å²) in [7, 11) is 0. The van der Waals surface area contributed by atoms with E-state index in [1.54, 1.807) is 0 Å². The van der Waals surface area contributed by atoms with Crippen molar-refractivity contribution in [3.63, 3.8) is 0 Å². The zero-order valence-corrected chi connectivity index (χ0v) is 11.6. The minimum atomic E-state index is 0. The largest absolute Gasteiger partial charge is 1.00 e. The molecule has 0 unspecified atom stereocenters. The summed E-state index contributed by atoms with van der Waals surface area (Å²) in [6.07, 6.45) is 2.35. The number of nitrogens with zero attached hydrogens (tertiary/aromatic N) is 1. The lowest BCUT2D eigenvalue weighted by Crippen LogP contribution is -3.00. The second-order valence-electron chi connectivity index (χ2n) is 4.39. The van der Waals surface area contributed by atoms with Gasteiger partial charge in [-0.05, 0) is 26.3 Å². The topological polar surface area (TPSA) is 20.2 Å². The first-order valence-electron chi connectivity index (χ1n) is 5.91. The lowest BCUT2D eigenvalue weighted by atomic mass is 9.98. The van der Waals surface area contributed by atoms with Crippen molar-refractivity contribution in [3.05, 3.63) is 23.8 Å². The molecule has 1 aliphatic rings. The van der Waals surface area contributed by atoms with Crippen LogP contribution in [0.4, 0.5) is 5.69 Å². The van der Waals surface area contributed by atoms with Crippen LogP contribution in [-0.2, 0) is 6.42 Å². The predicted octanol–water partition coefficient (Wildman–Crippen LogP) is -0.310. The summed E-state index contributed by atoms with van der Waals surface area (Å²) in [5.41, 5.74) is 2.51. The number of rotatable bonds is 2. The van der Waals surface area contributed by atoms with Gasteiger partial charge in [0.05, 0.1) is 19.6 Å². The third kappa shape index (κ3) is 1.98. The molecule has 1 aromatic carbocycles. The summed E-state index contributed by atoms with van der Waals surface area (Å²) in [5, 5.41) is 10.0. The second-order valence-corrected chi connectivity index (χ2v) is 4.39. The van der Waals surface area contributed by atoms with Crippen molar-refractivity contribution in [3.8, 4) is 5.75 Å². The maximum Gasteiger partial charge on any atom is 0.178 e. The number of phenols is 1. The molecule has 0 fully saturated rings. The molecule has 0 atom stereocenters. The van der Waals surface area contributed by atoms with Crippen molar-refractivity contribution < 1.29 is 22.1 Å². The van der Waals surface area contributed by atoms with Gasteiger partial charge in [-0.2, -0.15) is 0 Å². The fourth-order valence-electron chi connectivity index (χ4n) is 2.87. The van der Waals surface area contributed by atoms with Crippen molar-refractivity contribution in [1.82, 2.24) is 4.48 Å². The van der Waals surface area contributed by atoms with Crippen LogP contribution in [0.2, 0.25) is 0 Å². The van der Waals surface area contributed by atoms with Crippen LogP contribution in [-0.4, -0.2) is 24.7 Å². The van der Waals surface area contributed by atoms with Gasteiger partial charge in [-0.3, -0.25) is 4.48 Å². The molecule has 0 spiro atoms. The van der Waals surface area contributed by atoms with E-state index in [1.807, 2.05) is 12.1 Å². The molecule has 90 valence electrons. The third-order valence-corrected chi connectivity index (χ3v) is 3.82. The molecular weight excluding hydrogens is 266 g/mol. The van der Waals surface area contributed by atoms with Gasteiger partial charge < -0.3 is 22.1 Å². The lowest BCUT2D eigenvalue weighted by Gasteiger charge is -2.40. The van der Waals surface area contributed by atoms with Gasteiger partial charge in [0.1, 0.15) is 0 Å². The van der Waals surface area contributed by atoms with Gasteiger partial charge >= 0.3 is 0 Å². The number of hydrogen-bond acceptors (Lipinski definition) is 1. The maximum atomic E-state index is 10.0. The number of fused-ring (bicyclic) bond motifs is 1. The Morgan fingerprint density at radius 2 is 1.94 bits per heavy atom. The van der Waals surface area contributed by atoms with Gasteiger partial charge in [0.25, 0.3) is 0 Å². The second kappa shape index (κ2) is 5.19. The number of quaternary nitrogens is 1. The molecule has 1 aromatic rings. The fraction of sp³-hybridized carbons (Fsp3) is 0.538. The number of benzene rings is 1. The quantitative estimate of drug-likeness (QED) is 0.740. The molecule has 3 heteroatoms. The molecule has 2 nitrogen and oxygen atoms in total. The van der Waals surface area contributed by atoms with Gasteiger partial charge in [-0.15, -0.1) is 0 Å². The Hall–Kier alpha value is -0.540. The normalized spacial score (nSPS) is 17.4. The minimum absolute atomic E-state index is 0. The predicted molar refractivity (Wildman–Crippen MR) is 64.2 cm³/mol. The average molecular weight is 286 g/mol. The molecule has 0 aliphatic carbocycles. The van der Waals surface area contributed by atoms with Gasteiger partial charge in [-0.1, -0.05) is 12.1 Å². The van der Waals surface area contributed by atoms with E-state index in [1.165, 1.54) is 17.7 Å². The standard InChI is InChI=1S/C13H19NO.BrH/c1-3-14(4-2)10-6-8-11-7-5-9-12(15)13(11)14;/h5,7,9H,3-4,6,8,10H2,1-2H3;1H. The smallest absolute Gasteiger partial charge is 0.178 e. The van der Waals surface area contributed by atoms with Gasteiger partial charge in [0.15, 0.2) is 11.4 Å². The van der Waals surface area contributed by atoms with Crippen LogP contribution in [0.25, 0.3) is 0 Å². The van der Waals surface area contributed by atoms with Gasteiger partial charge in [0.2, 0.25) is 0 Å². The van der Waals surface area contributed by atoms with Crippen LogP contribution in [0.5, 0.6) is 5.75 Å². The van der Waals surface area contributed by atoms with Crippen molar-refractivity contribution >= 4 is 5.69 Å². The van der Waals surface area contributed by atoms with E-state index in [0.29, 0.717) is 5.75 Å². The molecule has 1 heterocycles. The average Bonchev–Trinajstić information content (AvgIpc) is 2.28. The number of phenolic OH excluding ortho intramolecular Hbond substituents is 1. The fourth-order valence-corrected chi connectivity index (χ4v) is 2.87.